The van der Waals surface area contributed by atoms with E-state index in [1.165, 1.54) is 12.1 Å². The first-order valence-electron chi connectivity index (χ1n) is 10.2. The first-order chi connectivity index (χ1) is 16.0. The van der Waals surface area contributed by atoms with Crippen molar-refractivity contribution in [2.24, 2.45) is 0 Å². The van der Waals surface area contributed by atoms with Gasteiger partial charge in [-0.1, -0.05) is 46.9 Å². The molecule has 0 radical (unpaired) electrons. The predicted octanol–water partition coefficient (Wildman–Crippen LogP) is 4.84. The molecule has 10 heteroatoms. The van der Waals surface area contributed by atoms with Gasteiger partial charge in [0, 0.05) is 37.8 Å². The Balaban J connectivity index is 1.32. The van der Waals surface area contributed by atoms with Crippen LogP contribution in [0.25, 0.3) is 11.3 Å². The average molecular weight is 508 g/mol. The molecular formula is C23H21Cl3N4O3. The van der Waals surface area contributed by atoms with Gasteiger partial charge < -0.3 is 19.3 Å². The summed E-state index contributed by atoms with van der Waals surface area (Å²) in [5.41, 5.74) is 1.62. The van der Waals surface area contributed by atoms with Gasteiger partial charge in [0.05, 0.1) is 27.9 Å². The van der Waals surface area contributed by atoms with Crippen LogP contribution in [0.1, 0.15) is 0 Å². The van der Waals surface area contributed by atoms with E-state index in [0.29, 0.717) is 47.0 Å². The van der Waals surface area contributed by atoms with Gasteiger partial charge in [0.15, 0.2) is 12.4 Å². The molecule has 0 saturated carbocycles. The summed E-state index contributed by atoms with van der Waals surface area (Å²) in [5, 5.41) is 9.69. The lowest BCUT2D eigenvalue weighted by atomic mass is 10.1. The van der Waals surface area contributed by atoms with Crippen molar-refractivity contribution in [3.05, 3.63) is 63.6 Å². The molecule has 33 heavy (non-hydrogen) atoms. The fraction of sp³-hybridized carbons (Fsp3) is 0.261. The van der Waals surface area contributed by atoms with Crippen molar-refractivity contribution in [2.45, 2.75) is 0 Å². The number of nitrogens with zero attached hydrogens (tertiary/aromatic N) is 4. The molecule has 1 fully saturated rings. The maximum atomic E-state index is 12.6. The maximum absolute atomic E-state index is 12.6. The van der Waals surface area contributed by atoms with Crippen LogP contribution in [-0.2, 0) is 4.79 Å². The smallest absolute Gasteiger partial charge is 0.260 e. The number of halogens is 3. The summed E-state index contributed by atoms with van der Waals surface area (Å²) in [6.07, 6.45) is 0. The number of anilines is 1. The highest BCUT2D eigenvalue weighted by atomic mass is 35.5. The molecule has 172 valence electrons. The number of benzene rings is 2. The SMILES string of the molecule is COc1ccccc1-c1ccc(N2CCN(C(=O)COc3cc(Cl)c(Cl)cc3Cl)CC2)nn1. The van der Waals surface area contributed by atoms with Crippen molar-refractivity contribution >= 4 is 46.5 Å². The number of carbonyl (C=O) groups excluding carboxylic acids is 1. The summed E-state index contributed by atoms with van der Waals surface area (Å²) in [6, 6.07) is 14.5. The highest BCUT2D eigenvalue weighted by Gasteiger charge is 2.23. The Bertz CT molecular complexity index is 1140. The largest absolute Gasteiger partial charge is 0.496 e. The third kappa shape index (κ3) is 5.43. The molecule has 1 saturated heterocycles. The van der Waals surface area contributed by atoms with Gasteiger partial charge in [-0.05, 0) is 30.3 Å². The van der Waals surface area contributed by atoms with E-state index >= 15 is 0 Å². The molecule has 3 aromatic rings. The summed E-state index contributed by atoms with van der Waals surface area (Å²) in [6.45, 7) is 2.25. The zero-order valence-corrected chi connectivity index (χ0v) is 20.1. The fourth-order valence-electron chi connectivity index (χ4n) is 3.52. The number of hydrogen-bond donors (Lipinski definition) is 0. The van der Waals surface area contributed by atoms with Gasteiger partial charge in [-0.25, -0.2) is 0 Å². The molecule has 0 atom stereocenters. The Morgan fingerprint density at radius 2 is 1.64 bits per heavy atom. The van der Waals surface area contributed by atoms with Crippen LogP contribution in [0.2, 0.25) is 15.1 Å². The van der Waals surface area contributed by atoms with Crippen LogP contribution in [0.3, 0.4) is 0 Å². The molecule has 0 spiro atoms. The predicted molar refractivity (Wildman–Crippen MR) is 130 cm³/mol. The maximum Gasteiger partial charge on any atom is 0.260 e. The van der Waals surface area contributed by atoms with E-state index in [2.05, 4.69) is 15.1 Å². The lowest BCUT2D eigenvalue weighted by molar-refractivity contribution is -0.133. The molecule has 7 nitrogen and oxygen atoms in total. The Labute approximate surface area is 206 Å². The Morgan fingerprint density at radius 3 is 2.33 bits per heavy atom. The number of ether oxygens (including phenoxy) is 2. The Hall–Kier alpha value is -2.74. The van der Waals surface area contributed by atoms with E-state index in [0.717, 1.165) is 22.8 Å². The molecule has 2 heterocycles. The minimum Gasteiger partial charge on any atom is -0.496 e. The molecule has 0 unspecified atom stereocenters. The minimum atomic E-state index is -0.134. The number of hydrogen-bond acceptors (Lipinski definition) is 6. The van der Waals surface area contributed by atoms with Crippen LogP contribution in [0, 0.1) is 0 Å². The average Bonchev–Trinajstić information content (AvgIpc) is 2.85. The van der Waals surface area contributed by atoms with Crippen LogP contribution >= 0.6 is 34.8 Å². The molecule has 1 aliphatic rings. The molecule has 0 N–H and O–H groups in total. The van der Waals surface area contributed by atoms with Gasteiger partial charge in [0.2, 0.25) is 0 Å². The van der Waals surface area contributed by atoms with Gasteiger partial charge >= 0.3 is 0 Å². The quantitative estimate of drug-likeness (QED) is 0.445. The van der Waals surface area contributed by atoms with Crippen molar-refractivity contribution in [3.8, 4) is 22.8 Å². The van der Waals surface area contributed by atoms with Crippen LogP contribution in [0.15, 0.2) is 48.5 Å². The lowest BCUT2D eigenvalue weighted by Gasteiger charge is -2.35. The summed E-state index contributed by atoms with van der Waals surface area (Å²) in [7, 11) is 1.63. The molecule has 0 bridgehead atoms. The topological polar surface area (TPSA) is 67.8 Å². The first kappa shape index (κ1) is 23.4. The monoisotopic (exact) mass is 506 g/mol. The summed E-state index contributed by atoms with van der Waals surface area (Å²) in [4.78, 5) is 16.4. The normalized spacial score (nSPS) is 13.7. The van der Waals surface area contributed by atoms with E-state index < -0.39 is 0 Å². The molecule has 1 aliphatic heterocycles. The molecule has 1 amide bonds. The van der Waals surface area contributed by atoms with Gasteiger partial charge in [-0.3, -0.25) is 4.79 Å². The third-order valence-electron chi connectivity index (χ3n) is 5.32. The Morgan fingerprint density at radius 1 is 0.909 bits per heavy atom. The molecule has 0 aliphatic carbocycles. The van der Waals surface area contributed by atoms with E-state index in [9.17, 15) is 4.79 Å². The molecule has 2 aromatic carbocycles. The molecule has 1 aromatic heterocycles. The number of methoxy groups -OCH3 is 1. The van der Waals surface area contributed by atoms with Crippen LogP contribution in [0.5, 0.6) is 11.5 Å². The summed E-state index contributed by atoms with van der Waals surface area (Å²) in [5.74, 6) is 1.70. The zero-order chi connectivity index (χ0) is 23.4. The number of aromatic nitrogens is 2. The first-order valence-corrected chi connectivity index (χ1v) is 11.4. The Kier molecular flexibility index (Phi) is 7.42. The van der Waals surface area contributed by atoms with Crippen LogP contribution in [0.4, 0.5) is 5.82 Å². The summed E-state index contributed by atoms with van der Waals surface area (Å²) >= 11 is 18.0. The van der Waals surface area contributed by atoms with Gasteiger partial charge in [-0.2, -0.15) is 0 Å². The fourth-order valence-corrected chi connectivity index (χ4v) is 4.12. The van der Waals surface area contributed by atoms with Crippen molar-refractivity contribution in [3.63, 3.8) is 0 Å². The van der Waals surface area contributed by atoms with Crippen molar-refractivity contribution in [1.82, 2.24) is 15.1 Å². The number of piperazine rings is 1. The van der Waals surface area contributed by atoms with E-state index in [4.69, 9.17) is 44.3 Å². The number of amides is 1. The lowest BCUT2D eigenvalue weighted by Crippen LogP contribution is -2.50. The highest BCUT2D eigenvalue weighted by molar-refractivity contribution is 6.43. The van der Waals surface area contributed by atoms with Crippen molar-refractivity contribution in [2.75, 3.05) is 44.8 Å². The second kappa shape index (κ2) is 10.5. The van der Waals surface area contributed by atoms with Crippen LogP contribution in [-0.4, -0.2) is 60.9 Å². The third-order valence-corrected chi connectivity index (χ3v) is 6.33. The van der Waals surface area contributed by atoms with Crippen molar-refractivity contribution in [1.29, 1.82) is 0 Å². The van der Waals surface area contributed by atoms with Gasteiger partial charge in [-0.15, -0.1) is 10.2 Å². The zero-order valence-electron chi connectivity index (χ0n) is 17.8. The number of carbonyl (C=O) groups is 1. The molecule has 4 rings (SSSR count). The standard InChI is InChI=1S/C23H21Cl3N4O3/c1-32-20-5-3-2-4-15(20)19-6-7-22(28-27-19)29-8-10-30(11-9-29)23(31)14-33-21-13-17(25)16(24)12-18(21)26/h2-7,12-13H,8-11,14H2,1H3. The van der Waals surface area contributed by atoms with E-state index in [1.54, 1.807) is 12.0 Å². The number of rotatable bonds is 6. The second-order valence-corrected chi connectivity index (χ2v) is 8.55. The molecular weight excluding hydrogens is 487 g/mol. The van der Waals surface area contributed by atoms with E-state index in [1.807, 2.05) is 36.4 Å². The van der Waals surface area contributed by atoms with Crippen LogP contribution < -0.4 is 14.4 Å². The van der Waals surface area contributed by atoms with Gasteiger partial charge in [0.1, 0.15) is 11.5 Å². The van der Waals surface area contributed by atoms with Gasteiger partial charge in [0.25, 0.3) is 5.91 Å². The number of para-hydroxylation sites is 1. The minimum absolute atomic E-state index is 0.130. The van der Waals surface area contributed by atoms with Crippen molar-refractivity contribution < 1.29 is 14.3 Å². The summed E-state index contributed by atoms with van der Waals surface area (Å²) < 4.78 is 11.0. The van der Waals surface area contributed by atoms with E-state index in [-0.39, 0.29) is 12.5 Å². The highest BCUT2D eigenvalue weighted by Crippen LogP contribution is 2.34. The second-order valence-electron chi connectivity index (χ2n) is 7.33.